The standard InChI is InChI=1S/C18H17N3O3/c1-13-5-3-4-6-15(13)18(22)21-20-12-14-7-8-16(24-10-9-19)17(11-14)23-2/h3-8,11-12H,10H2,1-2H3,(H,21,22)/b20-12-. The van der Waals surface area contributed by atoms with E-state index in [9.17, 15) is 4.79 Å². The van der Waals surface area contributed by atoms with Crippen LogP contribution in [-0.4, -0.2) is 25.8 Å². The molecule has 0 saturated heterocycles. The molecule has 0 radical (unpaired) electrons. The lowest BCUT2D eigenvalue weighted by molar-refractivity contribution is 0.0954. The van der Waals surface area contributed by atoms with Gasteiger partial charge in [0.1, 0.15) is 6.07 Å². The van der Waals surface area contributed by atoms with Crippen LogP contribution in [-0.2, 0) is 0 Å². The first-order chi connectivity index (χ1) is 11.7. The summed E-state index contributed by atoms with van der Waals surface area (Å²) in [4.78, 5) is 12.1. The number of nitrogens with one attached hydrogen (secondary N) is 1. The molecule has 0 saturated carbocycles. The van der Waals surface area contributed by atoms with E-state index in [-0.39, 0.29) is 12.5 Å². The van der Waals surface area contributed by atoms with Crippen LogP contribution >= 0.6 is 0 Å². The van der Waals surface area contributed by atoms with Crippen LogP contribution in [0, 0.1) is 18.3 Å². The summed E-state index contributed by atoms with van der Waals surface area (Å²) in [6, 6.07) is 14.3. The summed E-state index contributed by atoms with van der Waals surface area (Å²) in [5.74, 6) is 0.685. The largest absolute Gasteiger partial charge is 0.493 e. The van der Waals surface area contributed by atoms with Crippen molar-refractivity contribution in [2.45, 2.75) is 6.92 Å². The third kappa shape index (κ3) is 4.34. The number of rotatable bonds is 6. The number of amides is 1. The van der Waals surface area contributed by atoms with Crippen LogP contribution in [0.2, 0.25) is 0 Å². The van der Waals surface area contributed by atoms with Crippen LogP contribution in [0.4, 0.5) is 0 Å². The summed E-state index contributed by atoms with van der Waals surface area (Å²) in [5, 5.41) is 12.5. The second-order valence-electron chi connectivity index (χ2n) is 4.87. The monoisotopic (exact) mass is 323 g/mol. The number of ether oxygens (including phenoxy) is 2. The fraction of sp³-hybridized carbons (Fsp3) is 0.167. The van der Waals surface area contributed by atoms with E-state index in [4.69, 9.17) is 14.7 Å². The molecule has 0 aliphatic rings. The highest BCUT2D eigenvalue weighted by Crippen LogP contribution is 2.27. The van der Waals surface area contributed by atoms with E-state index in [0.29, 0.717) is 17.1 Å². The van der Waals surface area contributed by atoms with Crippen molar-refractivity contribution < 1.29 is 14.3 Å². The molecule has 6 heteroatoms. The number of carbonyl (C=O) groups is 1. The molecule has 0 unspecified atom stereocenters. The zero-order chi connectivity index (χ0) is 17.4. The minimum atomic E-state index is -0.273. The Morgan fingerprint density at radius 1 is 1.29 bits per heavy atom. The van der Waals surface area contributed by atoms with Gasteiger partial charge < -0.3 is 9.47 Å². The molecule has 6 nitrogen and oxygen atoms in total. The lowest BCUT2D eigenvalue weighted by Crippen LogP contribution is -2.18. The molecule has 0 spiro atoms. The van der Waals surface area contributed by atoms with Crippen molar-refractivity contribution in [1.29, 1.82) is 5.26 Å². The fourth-order valence-corrected chi connectivity index (χ4v) is 2.05. The zero-order valence-corrected chi connectivity index (χ0v) is 13.4. The predicted octanol–water partition coefficient (Wildman–Crippen LogP) is 2.67. The molecular weight excluding hydrogens is 306 g/mol. The number of hydrogen-bond acceptors (Lipinski definition) is 5. The maximum absolute atomic E-state index is 12.1. The first-order valence-corrected chi connectivity index (χ1v) is 7.22. The van der Waals surface area contributed by atoms with Gasteiger partial charge in [-0.1, -0.05) is 18.2 Å². The Hall–Kier alpha value is -3.33. The molecule has 1 amide bonds. The SMILES string of the molecule is COc1cc(/C=N\NC(=O)c2ccccc2C)ccc1OCC#N. The number of carbonyl (C=O) groups excluding carboxylic acids is 1. The molecule has 2 aromatic carbocycles. The molecule has 0 fully saturated rings. The zero-order valence-electron chi connectivity index (χ0n) is 13.4. The molecule has 1 N–H and O–H groups in total. The van der Waals surface area contributed by atoms with Crippen molar-refractivity contribution in [2.75, 3.05) is 13.7 Å². The normalized spacial score (nSPS) is 10.2. The maximum Gasteiger partial charge on any atom is 0.271 e. The van der Waals surface area contributed by atoms with Gasteiger partial charge in [-0.3, -0.25) is 4.79 Å². The average molecular weight is 323 g/mol. The quantitative estimate of drug-likeness (QED) is 0.654. The number of benzene rings is 2. The lowest BCUT2D eigenvalue weighted by Gasteiger charge is -2.08. The molecule has 0 aliphatic heterocycles. The molecule has 122 valence electrons. The highest BCUT2D eigenvalue weighted by Gasteiger charge is 2.07. The minimum Gasteiger partial charge on any atom is -0.493 e. The molecule has 0 bridgehead atoms. The van der Waals surface area contributed by atoms with Crippen molar-refractivity contribution in [3.05, 3.63) is 59.2 Å². The van der Waals surface area contributed by atoms with Crippen molar-refractivity contribution in [3.63, 3.8) is 0 Å². The third-order valence-electron chi connectivity index (χ3n) is 3.25. The summed E-state index contributed by atoms with van der Waals surface area (Å²) < 4.78 is 10.5. The Balaban J connectivity index is 2.05. The Morgan fingerprint density at radius 3 is 2.79 bits per heavy atom. The maximum atomic E-state index is 12.1. The van der Waals surface area contributed by atoms with Gasteiger partial charge in [0, 0.05) is 5.56 Å². The molecule has 0 aromatic heterocycles. The van der Waals surface area contributed by atoms with E-state index < -0.39 is 0 Å². The van der Waals surface area contributed by atoms with E-state index in [1.54, 1.807) is 30.3 Å². The van der Waals surface area contributed by atoms with Crippen LogP contribution in [0.25, 0.3) is 0 Å². The molecule has 0 aliphatic carbocycles. The van der Waals surface area contributed by atoms with Crippen molar-refractivity contribution >= 4 is 12.1 Å². The first kappa shape index (κ1) is 17.0. The van der Waals surface area contributed by atoms with E-state index in [2.05, 4.69) is 10.5 Å². The number of methoxy groups -OCH3 is 1. The van der Waals surface area contributed by atoms with Crippen molar-refractivity contribution in [2.24, 2.45) is 5.10 Å². The highest BCUT2D eigenvalue weighted by molar-refractivity contribution is 5.96. The smallest absolute Gasteiger partial charge is 0.271 e. The summed E-state index contributed by atoms with van der Waals surface area (Å²) in [5.41, 5.74) is 4.67. The second-order valence-corrected chi connectivity index (χ2v) is 4.87. The Morgan fingerprint density at radius 2 is 2.08 bits per heavy atom. The van der Waals surface area contributed by atoms with Gasteiger partial charge in [-0.05, 0) is 42.3 Å². The Bertz CT molecular complexity index is 794. The number of nitriles is 1. The molecule has 0 atom stereocenters. The Kier molecular flexibility index (Phi) is 5.92. The average Bonchev–Trinajstić information content (AvgIpc) is 2.60. The fourth-order valence-electron chi connectivity index (χ4n) is 2.05. The molecular formula is C18H17N3O3. The van der Waals surface area contributed by atoms with E-state index >= 15 is 0 Å². The summed E-state index contributed by atoms with van der Waals surface area (Å²) in [6.45, 7) is 1.81. The summed E-state index contributed by atoms with van der Waals surface area (Å²) in [6.07, 6.45) is 1.51. The van der Waals surface area contributed by atoms with Gasteiger partial charge in [0.2, 0.25) is 0 Å². The van der Waals surface area contributed by atoms with Gasteiger partial charge in [0.15, 0.2) is 18.1 Å². The van der Waals surface area contributed by atoms with E-state index in [0.717, 1.165) is 11.1 Å². The van der Waals surface area contributed by atoms with Crippen LogP contribution in [0.3, 0.4) is 0 Å². The summed E-state index contributed by atoms with van der Waals surface area (Å²) >= 11 is 0. The number of aryl methyl sites for hydroxylation is 1. The van der Waals surface area contributed by atoms with Crippen LogP contribution in [0.15, 0.2) is 47.6 Å². The van der Waals surface area contributed by atoms with Crippen LogP contribution in [0.1, 0.15) is 21.5 Å². The molecule has 2 aromatic rings. The van der Waals surface area contributed by atoms with Crippen molar-refractivity contribution in [1.82, 2.24) is 5.43 Å². The first-order valence-electron chi connectivity index (χ1n) is 7.22. The Labute approximate surface area is 140 Å². The minimum absolute atomic E-state index is 0.0592. The predicted molar refractivity (Wildman–Crippen MR) is 90.3 cm³/mol. The molecule has 24 heavy (non-hydrogen) atoms. The molecule has 0 heterocycles. The van der Waals surface area contributed by atoms with Crippen LogP contribution < -0.4 is 14.9 Å². The lowest BCUT2D eigenvalue weighted by atomic mass is 10.1. The number of hydrazone groups is 1. The van der Waals surface area contributed by atoms with Gasteiger partial charge in [0.25, 0.3) is 5.91 Å². The summed E-state index contributed by atoms with van der Waals surface area (Å²) in [7, 11) is 1.51. The number of hydrogen-bond donors (Lipinski definition) is 1. The second kappa shape index (κ2) is 8.34. The van der Waals surface area contributed by atoms with Gasteiger partial charge in [-0.15, -0.1) is 0 Å². The topological polar surface area (TPSA) is 83.7 Å². The molecule has 2 rings (SSSR count). The van der Waals surface area contributed by atoms with Crippen LogP contribution in [0.5, 0.6) is 11.5 Å². The third-order valence-corrected chi connectivity index (χ3v) is 3.25. The van der Waals surface area contributed by atoms with Gasteiger partial charge in [-0.2, -0.15) is 10.4 Å². The van der Waals surface area contributed by atoms with Gasteiger partial charge >= 0.3 is 0 Å². The van der Waals surface area contributed by atoms with E-state index in [1.807, 2.05) is 25.1 Å². The van der Waals surface area contributed by atoms with E-state index in [1.165, 1.54) is 13.3 Å². The van der Waals surface area contributed by atoms with Gasteiger partial charge in [0.05, 0.1) is 13.3 Å². The number of nitrogens with zero attached hydrogens (tertiary/aromatic N) is 2. The highest BCUT2D eigenvalue weighted by atomic mass is 16.5. The van der Waals surface area contributed by atoms with Crippen molar-refractivity contribution in [3.8, 4) is 17.6 Å². The van der Waals surface area contributed by atoms with Gasteiger partial charge in [-0.25, -0.2) is 5.43 Å².